The molecule has 0 atom stereocenters. The van der Waals surface area contributed by atoms with Crippen molar-refractivity contribution in [1.82, 2.24) is 15.5 Å². The van der Waals surface area contributed by atoms with E-state index in [1.807, 2.05) is 0 Å². The van der Waals surface area contributed by atoms with Crippen molar-refractivity contribution >= 4 is 17.3 Å². The number of hydrogen-bond acceptors (Lipinski definition) is 3. The third kappa shape index (κ3) is 5.16. The molecule has 0 saturated heterocycles. The minimum absolute atomic E-state index is 0.771. The van der Waals surface area contributed by atoms with Crippen molar-refractivity contribution in [3.05, 3.63) is 57.8 Å². The van der Waals surface area contributed by atoms with Crippen LogP contribution < -0.4 is 10.6 Å². The summed E-state index contributed by atoms with van der Waals surface area (Å²) >= 11 is 1.71. The lowest BCUT2D eigenvalue weighted by molar-refractivity contribution is 0.400. The molecule has 0 aliphatic carbocycles. The minimum Gasteiger partial charge on any atom is -0.352 e. The van der Waals surface area contributed by atoms with E-state index >= 15 is 0 Å². The van der Waals surface area contributed by atoms with Crippen LogP contribution in [0.5, 0.6) is 0 Å². The highest BCUT2D eigenvalue weighted by Crippen LogP contribution is 2.10. The van der Waals surface area contributed by atoms with Gasteiger partial charge < -0.3 is 15.5 Å². The topological polar surface area (TPSA) is 39.7 Å². The molecule has 22 heavy (non-hydrogen) atoms. The van der Waals surface area contributed by atoms with Crippen LogP contribution >= 0.6 is 11.3 Å². The third-order valence-electron chi connectivity index (χ3n) is 3.31. The highest BCUT2D eigenvalue weighted by molar-refractivity contribution is 7.07. The van der Waals surface area contributed by atoms with E-state index in [1.54, 1.807) is 18.4 Å². The molecule has 0 spiro atoms. The fourth-order valence-electron chi connectivity index (χ4n) is 2.20. The predicted octanol–water partition coefficient (Wildman–Crippen LogP) is 2.67. The van der Waals surface area contributed by atoms with E-state index in [-0.39, 0.29) is 0 Å². The van der Waals surface area contributed by atoms with E-state index in [0.717, 1.165) is 25.6 Å². The van der Waals surface area contributed by atoms with Gasteiger partial charge in [-0.3, -0.25) is 4.99 Å². The van der Waals surface area contributed by atoms with Crippen molar-refractivity contribution in [2.24, 2.45) is 4.99 Å². The quantitative estimate of drug-likeness (QED) is 0.636. The van der Waals surface area contributed by atoms with Crippen LogP contribution in [-0.4, -0.2) is 32.0 Å². The predicted molar refractivity (Wildman–Crippen MR) is 95.2 cm³/mol. The first kappa shape index (κ1) is 16.5. The van der Waals surface area contributed by atoms with Gasteiger partial charge in [-0.05, 0) is 47.6 Å². The first-order valence-electron chi connectivity index (χ1n) is 7.36. The Morgan fingerprint density at radius 1 is 1.09 bits per heavy atom. The molecule has 4 nitrogen and oxygen atoms in total. The van der Waals surface area contributed by atoms with Crippen molar-refractivity contribution in [3.8, 4) is 0 Å². The van der Waals surface area contributed by atoms with Gasteiger partial charge in [-0.15, -0.1) is 0 Å². The second kappa shape index (κ2) is 8.56. The van der Waals surface area contributed by atoms with E-state index in [9.17, 15) is 0 Å². The summed E-state index contributed by atoms with van der Waals surface area (Å²) in [5.41, 5.74) is 3.92. The Kier molecular flexibility index (Phi) is 6.43. The molecular formula is C17H24N4S. The van der Waals surface area contributed by atoms with Crippen LogP contribution in [0.2, 0.25) is 0 Å². The van der Waals surface area contributed by atoms with Gasteiger partial charge in [0.05, 0.1) is 0 Å². The summed E-state index contributed by atoms with van der Waals surface area (Å²) in [6.07, 6.45) is 0. The van der Waals surface area contributed by atoms with Crippen molar-refractivity contribution in [3.63, 3.8) is 0 Å². The monoisotopic (exact) mass is 316 g/mol. The zero-order chi connectivity index (χ0) is 15.8. The fourth-order valence-corrected chi connectivity index (χ4v) is 2.87. The lowest BCUT2D eigenvalue weighted by Crippen LogP contribution is -2.36. The number of guanidine groups is 1. The zero-order valence-electron chi connectivity index (χ0n) is 13.5. The molecule has 2 rings (SSSR count). The van der Waals surface area contributed by atoms with E-state index in [2.05, 4.69) is 75.7 Å². The smallest absolute Gasteiger partial charge is 0.191 e. The molecule has 1 aromatic heterocycles. The average molecular weight is 316 g/mol. The molecule has 0 radical (unpaired) electrons. The van der Waals surface area contributed by atoms with Crippen LogP contribution in [0.15, 0.2) is 46.1 Å². The van der Waals surface area contributed by atoms with Gasteiger partial charge in [-0.25, -0.2) is 0 Å². The Bertz CT molecular complexity index is 590. The summed E-state index contributed by atoms with van der Waals surface area (Å²) < 4.78 is 0. The summed E-state index contributed by atoms with van der Waals surface area (Å²) in [4.78, 5) is 6.46. The van der Waals surface area contributed by atoms with Gasteiger partial charge in [0.15, 0.2) is 5.96 Å². The van der Waals surface area contributed by atoms with Crippen molar-refractivity contribution in [2.45, 2.75) is 19.6 Å². The molecule has 0 amide bonds. The van der Waals surface area contributed by atoms with E-state index in [1.165, 1.54) is 16.7 Å². The molecule has 0 fully saturated rings. The number of nitrogens with zero attached hydrogens (tertiary/aromatic N) is 2. The van der Waals surface area contributed by atoms with E-state index < -0.39 is 0 Å². The number of benzene rings is 1. The van der Waals surface area contributed by atoms with Gasteiger partial charge in [-0.1, -0.05) is 24.3 Å². The molecule has 1 aromatic carbocycles. The van der Waals surface area contributed by atoms with Gasteiger partial charge >= 0.3 is 0 Å². The molecule has 0 saturated carbocycles. The Morgan fingerprint density at radius 2 is 1.82 bits per heavy atom. The van der Waals surface area contributed by atoms with E-state index in [4.69, 9.17) is 0 Å². The van der Waals surface area contributed by atoms with Crippen LogP contribution in [0.25, 0.3) is 0 Å². The van der Waals surface area contributed by atoms with Crippen LogP contribution in [0.3, 0.4) is 0 Å². The van der Waals surface area contributed by atoms with Crippen molar-refractivity contribution < 1.29 is 0 Å². The van der Waals surface area contributed by atoms with Gasteiger partial charge in [0, 0.05) is 26.7 Å². The number of nitrogens with one attached hydrogen (secondary N) is 2. The van der Waals surface area contributed by atoms with Gasteiger partial charge in [0.25, 0.3) is 0 Å². The summed E-state index contributed by atoms with van der Waals surface area (Å²) in [5.74, 6) is 0.825. The van der Waals surface area contributed by atoms with Gasteiger partial charge in [-0.2, -0.15) is 11.3 Å². The summed E-state index contributed by atoms with van der Waals surface area (Å²) in [6.45, 7) is 2.51. The normalized spacial score (nSPS) is 11.7. The molecule has 2 N–H and O–H groups in total. The van der Waals surface area contributed by atoms with Gasteiger partial charge in [0.1, 0.15) is 0 Å². The lowest BCUT2D eigenvalue weighted by Gasteiger charge is -2.16. The van der Waals surface area contributed by atoms with E-state index in [0.29, 0.717) is 0 Å². The average Bonchev–Trinajstić information content (AvgIpc) is 3.01. The Hall–Kier alpha value is -1.85. The first-order valence-corrected chi connectivity index (χ1v) is 8.30. The maximum absolute atomic E-state index is 4.28. The summed E-state index contributed by atoms with van der Waals surface area (Å²) in [5, 5.41) is 11.0. The molecular weight excluding hydrogens is 292 g/mol. The standard InChI is InChI=1S/C17H24N4S/c1-18-17(19-10-14-8-9-22-13-14)20-11-15-6-4-5-7-16(15)12-21(2)3/h4-9,13H,10-12H2,1-3H3,(H2,18,19,20). The third-order valence-corrected chi connectivity index (χ3v) is 4.05. The largest absolute Gasteiger partial charge is 0.352 e. The van der Waals surface area contributed by atoms with Gasteiger partial charge in [0.2, 0.25) is 0 Å². The molecule has 0 aliphatic heterocycles. The molecule has 0 aliphatic rings. The van der Waals surface area contributed by atoms with Crippen LogP contribution in [0, 0.1) is 0 Å². The zero-order valence-corrected chi connectivity index (χ0v) is 14.3. The first-order chi connectivity index (χ1) is 10.7. The number of hydrogen-bond donors (Lipinski definition) is 2. The molecule has 2 aromatic rings. The Labute approximate surface area is 136 Å². The molecule has 1 heterocycles. The Morgan fingerprint density at radius 3 is 2.45 bits per heavy atom. The van der Waals surface area contributed by atoms with Crippen LogP contribution in [0.1, 0.15) is 16.7 Å². The van der Waals surface area contributed by atoms with Crippen LogP contribution in [0.4, 0.5) is 0 Å². The van der Waals surface area contributed by atoms with Crippen LogP contribution in [-0.2, 0) is 19.6 Å². The molecule has 0 bridgehead atoms. The molecule has 5 heteroatoms. The fraction of sp³-hybridized carbons (Fsp3) is 0.353. The summed E-state index contributed by atoms with van der Waals surface area (Å²) in [7, 11) is 5.98. The lowest BCUT2D eigenvalue weighted by atomic mass is 10.1. The highest BCUT2D eigenvalue weighted by atomic mass is 32.1. The molecule has 0 unspecified atom stereocenters. The number of thiophene rings is 1. The minimum atomic E-state index is 0.771. The second-order valence-corrected chi connectivity index (χ2v) is 6.20. The summed E-state index contributed by atoms with van der Waals surface area (Å²) in [6, 6.07) is 10.6. The van der Waals surface area contributed by atoms with Crippen molar-refractivity contribution in [2.75, 3.05) is 21.1 Å². The number of aliphatic imine (C=N–C) groups is 1. The highest BCUT2D eigenvalue weighted by Gasteiger charge is 2.04. The maximum Gasteiger partial charge on any atom is 0.191 e. The SMILES string of the molecule is CN=C(NCc1ccsc1)NCc1ccccc1CN(C)C. The maximum atomic E-state index is 4.28. The Balaban J connectivity index is 1.90. The van der Waals surface area contributed by atoms with Crippen molar-refractivity contribution in [1.29, 1.82) is 0 Å². The second-order valence-electron chi connectivity index (χ2n) is 5.42. The molecule has 118 valence electrons. The number of rotatable bonds is 6.